The van der Waals surface area contributed by atoms with Crippen LogP contribution in [0.1, 0.15) is 29.0 Å². The van der Waals surface area contributed by atoms with Crippen molar-refractivity contribution in [2.75, 3.05) is 6.26 Å². The fraction of sp³-hybridized carbons (Fsp3) is 0.250. The summed E-state index contributed by atoms with van der Waals surface area (Å²) in [6.07, 6.45) is 4.17. The first-order valence-electron chi connectivity index (χ1n) is 7.09. The largest absolute Gasteiger partial charge is 0.304 e. The van der Waals surface area contributed by atoms with Crippen LogP contribution < -0.4 is 5.43 Å². The van der Waals surface area contributed by atoms with E-state index in [0.29, 0.717) is 0 Å². The van der Waals surface area contributed by atoms with Gasteiger partial charge in [-0.15, -0.1) is 15.8 Å². The molecular weight excluding hydrogens is 316 g/mol. The number of aryl methyl sites for hydroxylation is 1. The molecule has 0 aliphatic carbocycles. The molecule has 0 amide bonds. The van der Waals surface area contributed by atoms with E-state index in [1.807, 2.05) is 35.7 Å². The summed E-state index contributed by atoms with van der Waals surface area (Å²) in [6.45, 7) is 2.11. The molecule has 1 N–H and O–H groups in total. The molecule has 0 radical (unpaired) electrons. The molecule has 0 fully saturated rings. The number of sulfonamides is 1. The van der Waals surface area contributed by atoms with Crippen LogP contribution in [0.2, 0.25) is 0 Å². The van der Waals surface area contributed by atoms with E-state index < -0.39 is 10.0 Å². The van der Waals surface area contributed by atoms with Gasteiger partial charge in [0.05, 0.1) is 18.0 Å². The molecule has 4 nitrogen and oxygen atoms in total. The van der Waals surface area contributed by atoms with E-state index >= 15 is 0 Å². The molecule has 0 unspecified atom stereocenters. The van der Waals surface area contributed by atoms with Crippen LogP contribution in [0.4, 0.5) is 0 Å². The van der Waals surface area contributed by atoms with Gasteiger partial charge in [-0.25, -0.2) is 8.42 Å². The molecule has 1 atom stereocenters. The van der Waals surface area contributed by atoms with Gasteiger partial charge in [-0.3, -0.25) is 0 Å². The summed E-state index contributed by atoms with van der Waals surface area (Å²) in [6, 6.07) is 11.8. The van der Waals surface area contributed by atoms with Crippen molar-refractivity contribution in [3.63, 3.8) is 0 Å². The van der Waals surface area contributed by atoms with Crippen LogP contribution in [0.5, 0.6) is 0 Å². The highest BCUT2D eigenvalue weighted by atomic mass is 32.2. The zero-order valence-electron chi connectivity index (χ0n) is 12.5. The number of nitrogens with zero attached hydrogens (tertiary/aromatic N) is 1. The van der Waals surface area contributed by atoms with Crippen LogP contribution in [-0.2, 0) is 16.4 Å². The minimum atomic E-state index is -3.35. The molecule has 116 valence electrons. The normalized spacial score (nSPS) is 19.0. The van der Waals surface area contributed by atoms with Gasteiger partial charge in [-0.2, -0.15) is 0 Å². The Morgan fingerprint density at radius 1 is 1.23 bits per heavy atom. The third-order valence-electron chi connectivity index (χ3n) is 3.67. The third-order valence-corrected chi connectivity index (χ3v) is 5.65. The van der Waals surface area contributed by atoms with E-state index in [2.05, 4.69) is 24.5 Å². The minimum absolute atomic E-state index is 0.296. The van der Waals surface area contributed by atoms with Gasteiger partial charge in [0.2, 0.25) is 10.0 Å². The Labute approximate surface area is 135 Å². The molecule has 0 saturated heterocycles. The Morgan fingerprint density at radius 2 is 1.95 bits per heavy atom. The van der Waals surface area contributed by atoms with E-state index in [1.54, 1.807) is 11.3 Å². The van der Waals surface area contributed by atoms with Crippen LogP contribution in [-0.4, -0.2) is 19.1 Å². The van der Waals surface area contributed by atoms with E-state index in [4.69, 9.17) is 0 Å². The Morgan fingerprint density at radius 3 is 2.50 bits per heavy atom. The summed E-state index contributed by atoms with van der Waals surface area (Å²) in [5.74, 6) is 0. The van der Waals surface area contributed by atoms with Crippen molar-refractivity contribution in [1.82, 2.24) is 9.84 Å². The lowest BCUT2D eigenvalue weighted by atomic mass is 10.1. The lowest BCUT2D eigenvalue weighted by molar-refractivity contribution is 0.354. The van der Waals surface area contributed by atoms with Crippen molar-refractivity contribution < 1.29 is 8.42 Å². The molecule has 0 saturated carbocycles. The molecule has 6 heteroatoms. The van der Waals surface area contributed by atoms with Gasteiger partial charge >= 0.3 is 0 Å². The number of thiophene rings is 1. The molecule has 2 aromatic rings. The highest BCUT2D eigenvalue weighted by Crippen LogP contribution is 2.34. The first-order chi connectivity index (χ1) is 10.5. The highest BCUT2D eigenvalue weighted by Gasteiger charge is 2.33. The predicted molar refractivity (Wildman–Crippen MR) is 90.7 cm³/mol. The summed E-state index contributed by atoms with van der Waals surface area (Å²) in [5.41, 5.74) is 6.11. The molecule has 3 rings (SSSR count). The van der Waals surface area contributed by atoms with Crippen LogP contribution in [0, 0.1) is 0 Å². The van der Waals surface area contributed by atoms with Gasteiger partial charge in [-0.1, -0.05) is 37.3 Å². The van der Waals surface area contributed by atoms with Gasteiger partial charge < -0.3 is 5.43 Å². The van der Waals surface area contributed by atoms with Gasteiger partial charge in [0.1, 0.15) is 0 Å². The summed E-state index contributed by atoms with van der Waals surface area (Å²) in [7, 11) is -3.35. The van der Waals surface area contributed by atoms with E-state index in [1.165, 1.54) is 16.2 Å². The second-order valence-corrected chi connectivity index (χ2v) is 8.10. The Balaban J connectivity index is 1.97. The maximum absolute atomic E-state index is 12.1. The smallest absolute Gasteiger partial charge is 0.228 e. The highest BCUT2D eigenvalue weighted by molar-refractivity contribution is 7.88. The predicted octanol–water partition coefficient (Wildman–Crippen LogP) is 3.17. The number of hydrogen-bond acceptors (Lipinski definition) is 4. The minimum Gasteiger partial charge on any atom is -0.304 e. The first kappa shape index (κ1) is 15.3. The lowest BCUT2D eigenvalue weighted by Crippen LogP contribution is -2.38. The summed E-state index contributed by atoms with van der Waals surface area (Å²) in [5, 5.41) is 1.96. The van der Waals surface area contributed by atoms with Gasteiger partial charge in [0.15, 0.2) is 0 Å². The van der Waals surface area contributed by atoms with Gasteiger partial charge in [0.25, 0.3) is 0 Å². The van der Waals surface area contributed by atoms with Crippen molar-refractivity contribution in [2.45, 2.75) is 19.4 Å². The molecule has 2 heterocycles. The number of rotatable bonds is 4. The lowest BCUT2D eigenvalue weighted by Gasteiger charge is -2.21. The number of benzene rings is 1. The van der Waals surface area contributed by atoms with Crippen LogP contribution >= 0.6 is 11.3 Å². The number of hydrogen-bond donors (Lipinski definition) is 1. The zero-order valence-corrected chi connectivity index (χ0v) is 14.1. The Bertz CT molecular complexity index is 778. The molecular formula is C16H18N2O2S2. The Hall–Kier alpha value is -1.63. The third kappa shape index (κ3) is 2.95. The standard InChI is InChI=1S/C16H18N2O2S2/c1-3-12-6-8-13(9-7-12)14-11-15(16-5-4-10-21-16)18(17-14)22(2,19)20/h4-11,15,17H,3H2,1-2H3/t15-/m0/s1. The maximum atomic E-state index is 12.1. The number of hydrazine groups is 1. The van der Waals surface area contributed by atoms with Crippen molar-refractivity contribution in [2.24, 2.45) is 0 Å². The van der Waals surface area contributed by atoms with Crippen molar-refractivity contribution in [1.29, 1.82) is 0 Å². The molecule has 1 aliphatic rings. The topological polar surface area (TPSA) is 49.4 Å². The fourth-order valence-electron chi connectivity index (χ4n) is 2.48. The molecule has 1 aromatic heterocycles. The SMILES string of the molecule is CCc1ccc(C2=C[C@@H](c3cccs3)N(S(C)(=O)=O)N2)cc1. The van der Waals surface area contributed by atoms with Crippen molar-refractivity contribution >= 4 is 27.1 Å². The fourth-order valence-corrected chi connectivity index (χ4v) is 4.18. The molecule has 22 heavy (non-hydrogen) atoms. The maximum Gasteiger partial charge on any atom is 0.228 e. The zero-order chi connectivity index (χ0) is 15.7. The summed E-state index contributed by atoms with van der Waals surface area (Å²) in [4.78, 5) is 0.998. The van der Waals surface area contributed by atoms with Gasteiger partial charge in [-0.05, 0) is 35.1 Å². The molecule has 0 spiro atoms. The van der Waals surface area contributed by atoms with Crippen LogP contribution in [0.3, 0.4) is 0 Å². The van der Waals surface area contributed by atoms with E-state index in [-0.39, 0.29) is 6.04 Å². The van der Waals surface area contributed by atoms with Crippen LogP contribution in [0.15, 0.2) is 47.9 Å². The average molecular weight is 334 g/mol. The number of nitrogens with one attached hydrogen (secondary N) is 1. The second-order valence-electron chi connectivity index (χ2n) is 5.26. The first-order valence-corrected chi connectivity index (χ1v) is 9.82. The Kier molecular flexibility index (Phi) is 4.08. The van der Waals surface area contributed by atoms with Crippen molar-refractivity contribution in [3.05, 3.63) is 63.9 Å². The monoisotopic (exact) mass is 334 g/mol. The quantitative estimate of drug-likeness (QED) is 0.934. The average Bonchev–Trinajstić information content (AvgIpc) is 3.15. The van der Waals surface area contributed by atoms with E-state index in [0.717, 1.165) is 22.6 Å². The van der Waals surface area contributed by atoms with E-state index in [9.17, 15) is 8.42 Å². The second kappa shape index (κ2) is 5.87. The molecule has 1 aromatic carbocycles. The van der Waals surface area contributed by atoms with Gasteiger partial charge in [0, 0.05) is 4.88 Å². The molecule has 1 aliphatic heterocycles. The summed E-state index contributed by atoms with van der Waals surface area (Å²) >= 11 is 1.55. The van der Waals surface area contributed by atoms with Crippen LogP contribution in [0.25, 0.3) is 5.70 Å². The summed E-state index contributed by atoms with van der Waals surface area (Å²) < 4.78 is 25.4. The van der Waals surface area contributed by atoms with Crippen molar-refractivity contribution in [3.8, 4) is 0 Å². The molecule has 0 bridgehead atoms.